The molecule has 0 unspecified atom stereocenters. The summed E-state index contributed by atoms with van der Waals surface area (Å²) in [6.07, 6.45) is 0. The molecule has 0 fully saturated rings. The number of rotatable bonds is 5. The summed E-state index contributed by atoms with van der Waals surface area (Å²) in [5.41, 5.74) is -0.234. The van der Waals surface area contributed by atoms with Crippen molar-refractivity contribution in [3.63, 3.8) is 0 Å². The van der Waals surface area contributed by atoms with Gasteiger partial charge in [0.1, 0.15) is 22.2 Å². The van der Waals surface area contributed by atoms with Crippen LogP contribution in [0.25, 0.3) is 0 Å². The van der Waals surface area contributed by atoms with Gasteiger partial charge in [0.05, 0.1) is 12.7 Å². The van der Waals surface area contributed by atoms with Gasteiger partial charge in [-0.2, -0.15) is 8.42 Å². The maximum absolute atomic E-state index is 13.4. The monoisotopic (exact) mass is 324 g/mol. The first kappa shape index (κ1) is 16.0. The van der Waals surface area contributed by atoms with Gasteiger partial charge in [0.2, 0.25) is 0 Å². The fraction of sp³-hybridized carbons (Fsp3) is 0.133. The Bertz CT molecular complexity index is 797. The van der Waals surface area contributed by atoms with Crippen LogP contribution in [0.5, 0.6) is 11.5 Å². The van der Waals surface area contributed by atoms with Crippen LogP contribution in [-0.2, 0) is 10.1 Å². The van der Waals surface area contributed by atoms with Crippen LogP contribution in [-0.4, -0.2) is 21.3 Å². The van der Waals surface area contributed by atoms with E-state index in [4.69, 9.17) is 8.92 Å². The predicted molar refractivity (Wildman–Crippen MR) is 77.2 cm³/mol. The van der Waals surface area contributed by atoms with Gasteiger partial charge in [-0.25, -0.2) is 4.39 Å². The third kappa shape index (κ3) is 3.43. The summed E-state index contributed by atoms with van der Waals surface area (Å²) < 4.78 is 47.5. The highest BCUT2D eigenvalue weighted by Crippen LogP contribution is 2.23. The number of ether oxygens (including phenoxy) is 1. The van der Waals surface area contributed by atoms with E-state index in [9.17, 15) is 17.6 Å². The highest BCUT2D eigenvalue weighted by Gasteiger charge is 2.18. The van der Waals surface area contributed by atoms with E-state index < -0.39 is 21.7 Å². The molecule has 22 heavy (non-hydrogen) atoms. The second-order valence-electron chi connectivity index (χ2n) is 4.41. The molecule has 0 saturated heterocycles. The van der Waals surface area contributed by atoms with E-state index in [1.54, 1.807) is 0 Å². The van der Waals surface area contributed by atoms with Crippen LogP contribution in [0.2, 0.25) is 0 Å². The number of Topliss-reactive ketones (excluding diaryl/α,β-unsaturated/α-hetero) is 1. The molecule has 7 heteroatoms. The third-order valence-corrected chi connectivity index (χ3v) is 4.13. The average Bonchev–Trinajstić information content (AvgIpc) is 2.48. The molecule has 116 valence electrons. The highest BCUT2D eigenvalue weighted by atomic mass is 32.2. The maximum Gasteiger partial charge on any atom is 0.339 e. The van der Waals surface area contributed by atoms with Gasteiger partial charge >= 0.3 is 10.1 Å². The molecule has 0 aliphatic rings. The molecule has 0 radical (unpaired) electrons. The van der Waals surface area contributed by atoms with Crippen molar-refractivity contribution in [2.45, 2.75) is 11.8 Å². The lowest BCUT2D eigenvalue weighted by Gasteiger charge is -2.09. The maximum atomic E-state index is 13.4. The van der Waals surface area contributed by atoms with Crippen molar-refractivity contribution < 1.29 is 26.5 Å². The fourth-order valence-electron chi connectivity index (χ4n) is 1.74. The van der Waals surface area contributed by atoms with Crippen molar-refractivity contribution in [3.05, 3.63) is 53.8 Å². The molecular weight excluding hydrogens is 311 g/mol. The molecule has 0 N–H and O–H groups in total. The number of benzene rings is 2. The van der Waals surface area contributed by atoms with Crippen molar-refractivity contribution in [2.75, 3.05) is 7.11 Å². The smallest absolute Gasteiger partial charge is 0.339 e. The zero-order chi connectivity index (χ0) is 16.3. The first-order valence-corrected chi connectivity index (χ1v) is 7.63. The Labute approximate surface area is 127 Å². The number of methoxy groups -OCH3 is 1. The van der Waals surface area contributed by atoms with Crippen LogP contribution >= 0.6 is 0 Å². The molecule has 0 atom stereocenters. The van der Waals surface area contributed by atoms with E-state index in [1.807, 2.05) is 0 Å². The van der Waals surface area contributed by atoms with Gasteiger partial charge < -0.3 is 8.92 Å². The fourth-order valence-corrected chi connectivity index (χ4v) is 2.67. The number of halogens is 1. The molecule has 2 aromatic carbocycles. The Morgan fingerprint density at radius 1 is 1.05 bits per heavy atom. The summed E-state index contributed by atoms with van der Waals surface area (Å²) in [6.45, 7) is 1.18. The Morgan fingerprint density at radius 2 is 1.64 bits per heavy atom. The van der Waals surface area contributed by atoms with E-state index >= 15 is 0 Å². The van der Waals surface area contributed by atoms with Gasteiger partial charge in [-0.3, -0.25) is 4.79 Å². The molecule has 0 bridgehead atoms. The zero-order valence-electron chi connectivity index (χ0n) is 11.9. The SMILES string of the molecule is COc1ccc(S(=O)(=O)Oc2ccc(F)c(C(C)=O)c2)cc1. The summed E-state index contributed by atoms with van der Waals surface area (Å²) >= 11 is 0. The van der Waals surface area contributed by atoms with E-state index in [-0.39, 0.29) is 16.2 Å². The lowest BCUT2D eigenvalue weighted by atomic mass is 10.1. The molecule has 0 saturated carbocycles. The number of carbonyl (C=O) groups excluding carboxylic acids is 1. The first-order chi connectivity index (χ1) is 10.3. The van der Waals surface area contributed by atoms with Crippen LogP contribution in [0.3, 0.4) is 0 Å². The van der Waals surface area contributed by atoms with Crippen molar-refractivity contribution in [1.82, 2.24) is 0 Å². The lowest BCUT2D eigenvalue weighted by molar-refractivity contribution is 0.101. The van der Waals surface area contributed by atoms with Crippen LogP contribution in [0.4, 0.5) is 4.39 Å². The van der Waals surface area contributed by atoms with Crippen molar-refractivity contribution in [3.8, 4) is 11.5 Å². The van der Waals surface area contributed by atoms with Gasteiger partial charge in [-0.1, -0.05) is 0 Å². The summed E-state index contributed by atoms with van der Waals surface area (Å²) in [5.74, 6) is -0.895. The molecule has 5 nitrogen and oxygen atoms in total. The molecule has 0 heterocycles. The van der Waals surface area contributed by atoms with Crippen LogP contribution in [0.15, 0.2) is 47.4 Å². The summed E-state index contributed by atoms with van der Waals surface area (Å²) in [4.78, 5) is 11.2. The summed E-state index contributed by atoms with van der Waals surface area (Å²) in [5, 5.41) is 0. The van der Waals surface area contributed by atoms with Gasteiger partial charge in [-0.05, 0) is 49.4 Å². The summed E-state index contributed by atoms with van der Waals surface area (Å²) in [7, 11) is -2.62. The van der Waals surface area contributed by atoms with Crippen LogP contribution < -0.4 is 8.92 Å². The van der Waals surface area contributed by atoms with Crippen molar-refractivity contribution in [1.29, 1.82) is 0 Å². The summed E-state index contributed by atoms with van der Waals surface area (Å²) in [6, 6.07) is 8.77. The molecule has 2 rings (SSSR count). The van der Waals surface area contributed by atoms with E-state index in [0.29, 0.717) is 5.75 Å². The second-order valence-corrected chi connectivity index (χ2v) is 5.96. The standard InChI is InChI=1S/C15H13FO5S/c1-10(17)14-9-12(5-8-15(14)16)21-22(18,19)13-6-3-11(20-2)4-7-13/h3-9H,1-2H3. The van der Waals surface area contributed by atoms with E-state index in [1.165, 1.54) is 38.3 Å². The number of hydrogen-bond donors (Lipinski definition) is 0. The molecule has 2 aromatic rings. The Kier molecular flexibility index (Phi) is 4.46. The third-order valence-electron chi connectivity index (χ3n) is 2.87. The minimum absolute atomic E-state index is 0.0815. The first-order valence-electron chi connectivity index (χ1n) is 6.22. The molecule has 0 aliphatic carbocycles. The molecule has 0 spiro atoms. The number of carbonyl (C=O) groups is 1. The Balaban J connectivity index is 2.32. The quantitative estimate of drug-likeness (QED) is 0.625. The Morgan fingerprint density at radius 3 is 2.18 bits per heavy atom. The van der Waals surface area contributed by atoms with Gasteiger partial charge in [0.15, 0.2) is 5.78 Å². The molecule has 0 amide bonds. The van der Waals surface area contributed by atoms with Gasteiger partial charge in [-0.15, -0.1) is 0 Å². The van der Waals surface area contributed by atoms with Gasteiger partial charge in [0, 0.05) is 0 Å². The lowest BCUT2D eigenvalue weighted by Crippen LogP contribution is -2.10. The van der Waals surface area contributed by atoms with E-state index in [0.717, 1.165) is 18.2 Å². The molecule has 0 aliphatic heterocycles. The highest BCUT2D eigenvalue weighted by molar-refractivity contribution is 7.87. The van der Waals surface area contributed by atoms with Crippen LogP contribution in [0, 0.1) is 5.82 Å². The topological polar surface area (TPSA) is 69.7 Å². The number of hydrogen-bond acceptors (Lipinski definition) is 5. The zero-order valence-corrected chi connectivity index (χ0v) is 12.7. The van der Waals surface area contributed by atoms with Gasteiger partial charge in [0.25, 0.3) is 0 Å². The molecule has 0 aromatic heterocycles. The predicted octanol–water partition coefficient (Wildman–Crippen LogP) is 2.80. The van der Waals surface area contributed by atoms with Crippen molar-refractivity contribution in [2.24, 2.45) is 0 Å². The normalized spacial score (nSPS) is 11.0. The second kappa shape index (κ2) is 6.15. The van der Waals surface area contributed by atoms with Crippen LogP contribution in [0.1, 0.15) is 17.3 Å². The number of ketones is 1. The Hall–Kier alpha value is -2.41. The average molecular weight is 324 g/mol. The largest absolute Gasteiger partial charge is 0.497 e. The van der Waals surface area contributed by atoms with E-state index in [2.05, 4.69) is 0 Å². The van der Waals surface area contributed by atoms with Crippen molar-refractivity contribution >= 4 is 15.9 Å². The molecular formula is C15H13FO5S. The minimum Gasteiger partial charge on any atom is -0.497 e. The minimum atomic E-state index is -4.08.